The van der Waals surface area contributed by atoms with Gasteiger partial charge < -0.3 is 20.1 Å². The molecule has 9 heteroatoms. The number of hydrogen-bond donors (Lipinski definition) is 3. The molecule has 0 saturated carbocycles. The molecule has 28 heavy (non-hydrogen) atoms. The number of ether oxygens (including phenoxy) is 2. The largest absolute Gasteiger partial charge is 0.453 e. The van der Waals surface area contributed by atoms with Crippen LogP contribution in [-0.4, -0.2) is 32.8 Å². The van der Waals surface area contributed by atoms with Crippen LogP contribution in [0.5, 0.6) is 5.75 Å². The molecule has 0 radical (unpaired) electrons. The lowest BCUT2D eigenvalue weighted by Gasteiger charge is -2.14. The molecular weight excluding hydrogens is 370 g/mol. The molecule has 150 valence electrons. The minimum absolute atomic E-state index is 0.120. The van der Waals surface area contributed by atoms with Crippen LogP contribution >= 0.6 is 0 Å². The number of guanidine groups is 1. The number of alkyl halides is 2. The van der Waals surface area contributed by atoms with Crippen LogP contribution in [0.4, 0.5) is 19.3 Å². The van der Waals surface area contributed by atoms with Crippen molar-refractivity contribution < 1.29 is 23.0 Å². The Morgan fingerprint density at radius 2 is 1.75 bits per heavy atom. The number of aliphatic imine (C=N–C) groups is 1. The first-order chi connectivity index (χ1) is 13.5. The van der Waals surface area contributed by atoms with Crippen LogP contribution in [0.2, 0.25) is 0 Å². The Labute approximate surface area is 161 Å². The summed E-state index contributed by atoms with van der Waals surface area (Å²) in [6, 6.07) is 13.8. The first-order valence-electron chi connectivity index (χ1n) is 8.43. The Kier molecular flexibility index (Phi) is 8.01. The second-order valence-corrected chi connectivity index (χ2v) is 5.58. The molecule has 0 aliphatic rings. The number of amides is 1. The van der Waals surface area contributed by atoms with E-state index in [2.05, 4.69) is 30.4 Å². The first kappa shape index (κ1) is 20.9. The number of anilines is 1. The summed E-state index contributed by atoms with van der Waals surface area (Å²) < 4.78 is 34.0. The van der Waals surface area contributed by atoms with Crippen molar-refractivity contribution in [3.8, 4) is 5.75 Å². The Hall–Kier alpha value is -3.36. The minimum atomic E-state index is -2.88. The number of benzene rings is 2. The summed E-state index contributed by atoms with van der Waals surface area (Å²) in [5.41, 5.74) is 2.16. The third-order valence-corrected chi connectivity index (χ3v) is 3.70. The van der Waals surface area contributed by atoms with Crippen molar-refractivity contribution in [3.63, 3.8) is 0 Å². The van der Waals surface area contributed by atoms with Gasteiger partial charge in [-0.15, -0.1) is 0 Å². The van der Waals surface area contributed by atoms with Gasteiger partial charge >= 0.3 is 12.7 Å². The topological polar surface area (TPSA) is 84.0 Å². The highest BCUT2D eigenvalue weighted by Gasteiger charge is 2.09. The molecule has 2 aromatic rings. The highest BCUT2D eigenvalue weighted by atomic mass is 19.3. The highest BCUT2D eigenvalue weighted by Crippen LogP contribution is 2.19. The molecule has 0 atom stereocenters. The monoisotopic (exact) mass is 392 g/mol. The standard InChI is InChI=1S/C19H22F2N4O3/c1-22-18(24-12-14-5-3-4-6-16(14)28-17(20)21)23-11-13-7-9-15(10-8-13)25-19(26)27-2/h3-10,17H,11-12H2,1-2H3,(H,25,26)(H2,22,23,24). The average Bonchev–Trinajstić information content (AvgIpc) is 2.69. The van der Waals surface area contributed by atoms with E-state index in [1.807, 2.05) is 12.1 Å². The van der Waals surface area contributed by atoms with Gasteiger partial charge in [-0.3, -0.25) is 10.3 Å². The van der Waals surface area contributed by atoms with Crippen LogP contribution in [0.1, 0.15) is 11.1 Å². The molecule has 2 aromatic carbocycles. The van der Waals surface area contributed by atoms with Gasteiger partial charge in [-0.1, -0.05) is 30.3 Å². The van der Waals surface area contributed by atoms with Gasteiger partial charge in [0.15, 0.2) is 5.96 Å². The number of hydrogen-bond acceptors (Lipinski definition) is 4. The van der Waals surface area contributed by atoms with Crippen LogP contribution in [-0.2, 0) is 17.8 Å². The number of nitrogens with zero attached hydrogens (tertiary/aromatic N) is 1. The second-order valence-electron chi connectivity index (χ2n) is 5.58. The van der Waals surface area contributed by atoms with E-state index in [-0.39, 0.29) is 12.3 Å². The van der Waals surface area contributed by atoms with Crippen molar-refractivity contribution in [1.82, 2.24) is 10.6 Å². The average molecular weight is 392 g/mol. The summed E-state index contributed by atoms with van der Waals surface area (Å²) in [5.74, 6) is 0.623. The van der Waals surface area contributed by atoms with Gasteiger partial charge in [0.25, 0.3) is 0 Å². The number of nitrogens with one attached hydrogen (secondary N) is 3. The van der Waals surface area contributed by atoms with Crippen molar-refractivity contribution in [1.29, 1.82) is 0 Å². The number of methoxy groups -OCH3 is 1. The molecule has 1 amide bonds. The summed E-state index contributed by atoms with van der Waals surface area (Å²) in [7, 11) is 2.91. The molecule has 0 aromatic heterocycles. The molecule has 0 heterocycles. The van der Waals surface area contributed by atoms with Gasteiger partial charge in [0, 0.05) is 31.4 Å². The van der Waals surface area contributed by atoms with Crippen molar-refractivity contribution in [2.45, 2.75) is 19.7 Å². The van der Waals surface area contributed by atoms with Crippen LogP contribution in [0.25, 0.3) is 0 Å². The van der Waals surface area contributed by atoms with Crippen molar-refractivity contribution >= 4 is 17.7 Å². The van der Waals surface area contributed by atoms with Crippen molar-refractivity contribution in [3.05, 3.63) is 59.7 Å². The van der Waals surface area contributed by atoms with E-state index in [0.717, 1.165) is 5.56 Å². The van der Waals surface area contributed by atoms with Crippen LogP contribution < -0.4 is 20.7 Å². The van der Waals surface area contributed by atoms with Crippen LogP contribution in [0, 0.1) is 0 Å². The van der Waals surface area contributed by atoms with E-state index in [9.17, 15) is 13.6 Å². The van der Waals surface area contributed by atoms with E-state index in [1.165, 1.54) is 13.2 Å². The van der Waals surface area contributed by atoms with E-state index < -0.39 is 12.7 Å². The Balaban J connectivity index is 1.87. The number of para-hydroxylation sites is 1. The maximum atomic E-state index is 12.5. The fraction of sp³-hybridized carbons (Fsp3) is 0.263. The lowest BCUT2D eigenvalue weighted by atomic mass is 10.2. The third kappa shape index (κ3) is 6.75. The molecule has 7 nitrogen and oxygen atoms in total. The molecular formula is C19H22F2N4O3. The fourth-order valence-corrected chi connectivity index (χ4v) is 2.32. The molecule has 0 aliphatic carbocycles. The van der Waals surface area contributed by atoms with Gasteiger partial charge in [0.05, 0.1) is 7.11 Å². The van der Waals surface area contributed by atoms with Gasteiger partial charge in [0.2, 0.25) is 0 Å². The van der Waals surface area contributed by atoms with E-state index in [4.69, 9.17) is 0 Å². The van der Waals surface area contributed by atoms with E-state index >= 15 is 0 Å². The quantitative estimate of drug-likeness (QED) is 0.497. The van der Waals surface area contributed by atoms with Crippen LogP contribution in [0.15, 0.2) is 53.5 Å². The van der Waals surface area contributed by atoms with Crippen molar-refractivity contribution in [2.24, 2.45) is 4.99 Å². The normalized spacial score (nSPS) is 11.1. The second kappa shape index (κ2) is 10.7. The number of carbonyl (C=O) groups excluding carboxylic acids is 1. The van der Waals surface area contributed by atoms with Gasteiger partial charge in [-0.25, -0.2) is 4.79 Å². The predicted octanol–water partition coefficient (Wildman–Crippen LogP) is 3.33. The molecule has 0 aliphatic heterocycles. The maximum Gasteiger partial charge on any atom is 0.411 e. The SMILES string of the molecule is CN=C(NCc1ccc(NC(=O)OC)cc1)NCc1ccccc1OC(F)F. The van der Waals surface area contributed by atoms with Gasteiger partial charge in [-0.2, -0.15) is 8.78 Å². The Bertz CT molecular complexity index is 798. The number of halogens is 2. The lowest BCUT2D eigenvalue weighted by molar-refractivity contribution is -0.0504. The molecule has 0 unspecified atom stereocenters. The summed E-state index contributed by atoms with van der Waals surface area (Å²) >= 11 is 0. The summed E-state index contributed by atoms with van der Waals surface area (Å²) in [6.45, 7) is -2.13. The molecule has 2 rings (SSSR count). The zero-order valence-corrected chi connectivity index (χ0v) is 15.5. The predicted molar refractivity (Wildman–Crippen MR) is 103 cm³/mol. The molecule has 0 spiro atoms. The first-order valence-corrected chi connectivity index (χ1v) is 8.43. The third-order valence-electron chi connectivity index (χ3n) is 3.70. The number of carbonyl (C=O) groups is 1. The number of rotatable bonds is 7. The smallest absolute Gasteiger partial charge is 0.411 e. The zero-order chi connectivity index (χ0) is 20.4. The Morgan fingerprint density at radius 1 is 1.07 bits per heavy atom. The lowest BCUT2D eigenvalue weighted by Crippen LogP contribution is -2.36. The summed E-state index contributed by atoms with van der Waals surface area (Å²) in [5, 5.41) is 8.75. The maximum absolute atomic E-state index is 12.5. The highest BCUT2D eigenvalue weighted by molar-refractivity contribution is 5.84. The van der Waals surface area contributed by atoms with E-state index in [0.29, 0.717) is 23.8 Å². The van der Waals surface area contributed by atoms with E-state index in [1.54, 1.807) is 37.4 Å². The molecule has 0 bridgehead atoms. The fourth-order valence-electron chi connectivity index (χ4n) is 2.32. The molecule has 3 N–H and O–H groups in total. The van der Waals surface area contributed by atoms with Crippen LogP contribution in [0.3, 0.4) is 0 Å². The van der Waals surface area contributed by atoms with Gasteiger partial charge in [0.1, 0.15) is 5.75 Å². The Morgan fingerprint density at radius 3 is 2.39 bits per heavy atom. The van der Waals surface area contributed by atoms with Gasteiger partial charge in [-0.05, 0) is 23.8 Å². The summed E-state index contributed by atoms with van der Waals surface area (Å²) in [6.07, 6.45) is -0.536. The molecule has 0 fully saturated rings. The zero-order valence-electron chi connectivity index (χ0n) is 15.5. The summed E-state index contributed by atoms with van der Waals surface area (Å²) in [4.78, 5) is 15.3. The van der Waals surface area contributed by atoms with Crippen molar-refractivity contribution in [2.75, 3.05) is 19.5 Å². The molecule has 0 saturated heterocycles. The minimum Gasteiger partial charge on any atom is -0.453 e.